The Bertz CT molecular complexity index is 758. The largest absolute Gasteiger partial charge is 0.485 e. The number of amides is 1. The molecule has 0 bridgehead atoms. The number of furan rings is 1. The third-order valence-corrected chi connectivity index (χ3v) is 4.87. The molecule has 1 aromatic heterocycles. The lowest BCUT2D eigenvalue weighted by atomic mass is 9.98. The van der Waals surface area contributed by atoms with Crippen molar-refractivity contribution in [2.75, 3.05) is 26.7 Å². The molecule has 1 unspecified atom stereocenters. The molecule has 0 spiro atoms. The minimum absolute atomic E-state index is 0. The van der Waals surface area contributed by atoms with E-state index in [0.29, 0.717) is 24.0 Å². The first-order chi connectivity index (χ1) is 12.6. The van der Waals surface area contributed by atoms with Gasteiger partial charge in [0, 0.05) is 13.1 Å². The number of rotatable bonds is 6. The van der Waals surface area contributed by atoms with Crippen molar-refractivity contribution in [3.05, 3.63) is 53.0 Å². The van der Waals surface area contributed by atoms with Crippen LogP contribution in [0.1, 0.15) is 40.3 Å². The third kappa shape index (κ3) is 5.50. The van der Waals surface area contributed by atoms with Gasteiger partial charge in [-0.1, -0.05) is 17.7 Å². The normalized spacial score (nSPS) is 16.7. The van der Waals surface area contributed by atoms with Crippen LogP contribution < -0.4 is 10.1 Å². The van der Waals surface area contributed by atoms with E-state index >= 15 is 0 Å². The summed E-state index contributed by atoms with van der Waals surface area (Å²) in [4.78, 5) is 14.6. The fourth-order valence-corrected chi connectivity index (χ4v) is 3.54. The number of carbonyl (C=O) groups excluding carboxylic acids is 1. The van der Waals surface area contributed by atoms with Crippen molar-refractivity contribution >= 4 is 18.3 Å². The number of likely N-dealkylation sites (tertiary alicyclic amines) is 1. The second-order valence-electron chi connectivity index (χ2n) is 7.14. The quantitative estimate of drug-likeness (QED) is 0.808. The van der Waals surface area contributed by atoms with E-state index in [1.807, 2.05) is 37.1 Å². The summed E-state index contributed by atoms with van der Waals surface area (Å²) in [5.74, 6) is 2.39. The summed E-state index contributed by atoms with van der Waals surface area (Å²) in [6.07, 6.45) is 2.21. The molecule has 2 heterocycles. The Kier molecular flexibility index (Phi) is 7.75. The molecule has 1 aliphatic heterocycles. The number of benzene rings is 1. The number of nitrogens with one attached hydrogen (secondary N) is 1. The molecular weight excluding hydrogens is 364 g/mol. The number of halogens is 1. The lowest BCUT2D eigenvalue weighted by molar-refractivity contribution is 0.0638. The van der Waals surface area contributed by atoms with Crippen molar-refractivity contribution in [1.82, 2.24) is 10.2 Å². The monoisotopic (exact) mass is 392 g/mol. The number of hydrogen-bond acceptors (Lipinski definition) is 4. The second-order valence-corrected chi connectivity index (χ2v) is 7.14. The number of hydrogen-bond donors (Lipinski definition) is 1. The van der Waals surface area contributed by atoms with E-state index in [9.17, 15) is 4.79 Å². The van der Waals surface area contributed by atoms with Gasteiger partial charge in [-0.15, -0.1) is 12.4 Å². The summed E-state index contributed by atoms with van der Waals surface area (Å²) >= 11 is 0. The van der Waals surface area contributed by atoms with Gasteiger partial charge in [-0.05, 0) is 70.0 Å². The average Bonchev–Trinajstić information content (AvgIpc) is 3.10. The van der Waals surface area contributed by atoms with Gasteiger partial charge in [0.1, 0.15) is 18.1 Å². The van der Waals surface area contributed by atoms with Crippen LogP contribution in [0.5, 0.6) is 5.75 Å². The highest BCUT2D eigenvalue weighted by molar-refractivity contribution is 5.91. The first-order valence-electron chi connectivity index (χ1n) is 9.29. The smallest absolute Gasteiger partial charge is 0.289 e. The molecular formula is C21H29ClN2O3. The van der Waals surface area contributed by atoms with Crippen LogP contribution in [0.3, 0.4) is 0 Å². The van der Waals surface area contributed by atoms with Crippen molar-refractivity contribution in [2.24, 2.45) is 5.92 Å². The highest BCUT2D eigenvalue weighted by atomic mass is 35.5. The fraction of sp³-hybridized carbons (Fsp3) is 0.476. The summed E-state index contributed by atoms with van der Waals surface area (Å²) in [6.45, 7) is 6.93. The van der Waals surface area contributed by atoms with Crippen LogP contribution >= 0.6 is 12.4 Å². The van der Waals surface area contributed by atoms with Crippen LogP contribution in [0.4, 0.5) is 0 Å². The summed E-state index contributed by atoms with van der Waals surface area (Å²) in [6, 6.07) is 9.66. The minimum Gasteiger partial charge on any atom is -0.485 e. The lowest BCUT2D eigenvalue weighted by Crippen LogP contribution is -2.42. The van der Waals surface area contributed by atoms with Gasteiger partial charge in [0.15, 0.2) is 5.76 Å². The Hall–Kier alpha value is -1.98. The van der Waals surface area contributed by atoms with Crippen LogP contribution in [0.15, 0.2) is 34.7 Å². The fourth-order valence-electron chi connectivity index (χ4n) is 3.54. The van der Waals surface area contributed by atoms with Gasteiger partial charge in [-0.2, -0.15) is 0 Å². The zero-order chi connectivity index (χ0) is 18.5. The molecule has 5 nitrogen and oxygen atoms in total. The van der Waals surface area contributed by atoms with Crippen molar-refractivity contribution in [1.29, 1.82) is 0 Å². The molecule has 2 aromatic rings. The summed E-state index contributed by atoms with van der Waals surface area (Å²) in [5, 5.41) is 3.20. The minimum atomic E-state index is -0.0245. The van der Waals surface area contributed by atoms with Crippen molar-refractivity contribution in [3.63, 3.8) is 0 Å². The van der Waals surface area contributed by atoms with Gasteiger partial charge in [0.25, 0.3) is 5.91 Å². The maximum Gasteiger partial charge on any atom is 0.289 e. The SMILES string of the molecule is CNCC1CCCN(C(=O)c2ccc(COc3ccc(C)cc3C)o2)C1.Cl. The molecule has 1 amide bonds. The number of nitrogens with zero attached hydrogens (tertiary/aromatic N) is 1. The molecule has 6 heteroatoms. The Morgan fingerprint density at radius 2 is 2.11 bits per heavy atom. The molecule has 1 saturated heterocycles. The maximum absolute atomic E-state index is 12.7. The van der Waals surface area contributed by atoms with Crippen LogP contribution in [0, 0.1) is 19.8 Å². The molecule has 1 aromatic carbocycles. The summed E-state index contributed by atoms with van der Waals surface area (Å²) in [7, 11) is 1.95. The van der Waals surface area contributed by atoms with Crippen molar-refractivity contribution in [3.8, 4) is 5.75 Å². The maximum atomic E-state index is 12.7. The van der Waals surface area contributed by atoms with E-state index in [-0.39, 0.29) is 18.3 Å². The van der Waals surface area contributed by atoms with Gasteiger partial charge < -0.3 is 19.4 Å². The Balaban J connectivity index is 0.00000261. The van der Waals surface area contributed by atoms with E-state index in [2.05, 4.69) is 18.3 Å². The molecule has 1 aliphatic rings. The van der Waals surface area contributed by atoms with E-state index in [0.717, 1.165) is 43.8 Å². The molecule has 148 valence electrons. The standard InChI is InChI=1S/C21H28N2O3.ClH/c1-15-6-8-19(16(2)11-15)25-14-18-7-9-20(26-18)21(24)23-10-4-5-17(13-23)12-22-3;/h6-9,11,17,22H,4-5,10,12-14H2,1-3H3;1H. The van der Waals surface area contributed by atoms with E-state index < -0.39 is 0 Å². The van der Waals surface area contributed by atoms with Gasteiger partial charge in [-0.3, -0.25) is 4.79 Å². The predicted molar refractivity (Wildman–Crippen MR) is 109 cm³/mol. The van der Waals surface area contributed by atoms with E-state index in [1.165, 1.54) is 5.56 Å². The summed E-state index contributed by atoms with van der Waals surface area (Å²) < 4.78 is 11.6. The second kappa shape index (κ2) is 9.81. The third-order valence-electron chi connectivity index (χ3n) is 4.87. The zero-order valence-corrected chi connectivity index (χ0v) is 17.1. The van der Waals surface area contributed by atoms with E-state index in [1.54, 1.807) is 6.07 Å². The highest BCUT2D eigenvalue weighted by Crippen LogP contribution is 2.22. The number of aryl methyl sites for hydroxylation is 2. The molecule has 0 saturated carbocycles. The number of piperidine rings is 1. The molecule has 1 fully saturated rings. The van der Waals surface area contributed by atoms with Crippen LogP contribution in [0.25, 0.3) is 0 Å². The predicted octanol–water partition coefficient (Wildman–Crippen LogP) is 3.97. The Labute approximate surface area is 167 Å². The van der Waals surface area contributed by atoms with Gasteiger partial charge in [0.05, 0.1) is 0 Å². The molecule has 0 radical (unpaired) electrons. The van der Waals surface area contributed by atoms with Crippen LogP contribution in [0.2, 0.25) is 0 Å². The number of carbonyl (C=O) groups is 1. The van der Waals surface area contributed by atoms with Crippen molar-refractivity contribution in [2.45, 2.75) is 33.3 Å². The van der Waals surface area contributed by atoms with E-state index in [4.69, 9.17) is 9.15 Å². The summed E-state index contributed by atoms with van der Waals surface area (Å²) in [5.41, 5.74) is 2.30. The van der Waals surface area contributed by atoms with Gasteiger partial charge >= 0.3 is 0 Å². The molecule has 27 heavy (non-hydrogen) atoms. The van der Waals surface area contributed by atoms with Crippen molar-refractivity contribution < 1.29 is 13.9 Å². The van der Waals surface area contributed by atoms with Gasteiger partial charge in [0.2, 0.25) is 0 Å². The molecule has 0 aliphatic carbocycles. The Morgan fingerprint density at radius 3 is 2.85 bits per heavy atom. The topological polar surface area (TPSA) is 54.7 Å². The molecule has 1 N–H and O–H groups in total. The van der Waals surface area contributed by atoms with Crippen LogP contribution in [-0.4, -0.2) is 37.5 Å². The van der Waals surface area contributed by atoms with Gasteiger partial charge in [-0.25, -0.2) is 0 Å². The molecule has 3 rings (SSSR count). The Morgan fingerprint density at radius 1 is 1.30 bits per heavy atom. The van der Waals surface area contributed by atoms with Crippen LogP contribution in [-0.2, 0) is 6.61 Å². The first-order valence-corrected chi connectivity index (χ1v) is 9.29. The molecule has 1 atom stereocenters. The zero-order valence-electron chi connectivity index (χ0n) is 16.3. The average molecular weight is 393 g/mol. The highest BCUT2D eigenvalue weighted by Gasteiger charge is 2.26. The first kappa shape index (κ1) is 21.3. The lowest BCUT2D eigenvalue weighted by Gasteiger charge is -2.32. The number of ether oxygens (including phenoxy) is 1.